The molecule has 5 rings (SSSR count). The maximum absolute atomic E-state index is 13.9. The number of halogens is 2. The number of aryl methyl sites for hydroxylation is 1. The van der Waals surface area contributed by atoms with Crippen molar-refractivity contribution >= 4 is 46.9 Å². The van der Waals surface area contributed by atoms with Crippen LogP contribution in [-0.2, 0) is 29.1 Å². The molecule has 1 aliphatic carbocycles. The van der Waals surface area contributed by atoms with Gasteiger partial charge in [-0.2, -0.15) is 0 Å². The van der Waals surface area contributed by atoms with Crippen molar-refractivity contribution in [1.29, 1.82) is 0 Å². The summed E-state index contributed by atoms with van der Waals surface area (Å²) < 4.78 is 13.4. The minimum absolute atomic E-state index is 0.173. The Labute approximate surface area is 326 Å². The SMILES string of the molecule is CCCCn1cc(-c2ccc(Cl)cc2Cl)nc1C(Cc1ccc(OCc2ccc(C(=O)O)cc2)cc1)=NC(=O)C1CCC(CNC(=O)OC(C)(C)C)CC1. The molecule has 3 aromatic carbocycles. The van der Waals surface area contributed by atoms with Crippen LogP contribution in [0.25, 0.3) is 11.3 Å². The highest BCUT2D eigenvalue weighted by molar-refractivity contribution is 6.36. The topological polar surface area (TPSA) is 132 Å². The number of benzene rings is 3. The van der Waals surface area contributed by atoms with E-state index in [1.807, 2.05) is 57.3 Å². The molecule has 0 bridgehead atoms. The zero-order valence-electron chi connectivity index (χ0n) is 31.2. The predicted molar refractivity (Wildman–Crippen MR) is 212 cm³/mol. The van der Waals surface area contributed by atoms with Gasteiger partial charge in [-0.25, -0.2) is 19.6 Å². The number of carbonyl (C=O) groups excluding carboxylic acids is 2. The highest BCUT2D eigenvalue weighted by Crippen LogP contribution is 2.32. The van der Waals surface area contributed by atoms with E-state index < -0.39 is 17.7 Å². The number of carbonyl (C=O) groups is 3. The van der Waals surface area contributed by atoms with Gasteiger partial charge in [-0.15, -0.1) is 0 Å². The van der Waals surface area contributed by atoms with E-state index >= 15 is 0 Å². The van der Waals surface area contributed by atoms with Crippen molar-refractivity contribution in [1.82, 2.24) is 14.9 Å². The van der Waals surface area contributed by atoms with Gasteiger partial charge in [-0.1, -0.05) is 60.8 Å². The first kappa shape index (κ1) is 40.5. The average Bonchev–Trinajstić information content (AvgIpc) is 3.55. The van der Waals surface area contributed by atoms with E-state index in [0.717, 1.165) is 42.4 Å². The number of aromatic carboxylic acids is 1. The number of ether oxygens (including phenoxy) is 2. The largest absolute Gasteiger partial charge is 0.489 e. The van der Waals surface area contributed by atoms with Crippen LogP contribution < -0.4 is 10.1 Å². The number of alkyl carbamates (subject to hydrolysis) is 1. The highest BCUT2D eigenvalue weighted by Gasteiger charge is 2.28. The molecule has 0 saturated heterocycles. The number of hydrogen-bond acceptors (Lipinski definition) is 6. The first-order valence-electron chi connectivity index (χ1n) is 18.4. The number of imidazole rings is 1. The summed E-state index contributed by atoms with van der Waals surface area (Å²) in [5, 5.41) is 13.1. The van der Waals surface area contributed by atoms with Crippen LogP contribution in [0.15, 0.2) is 77.9 Å². The summed E-state index contributed by atoms with van der Waals surface area (Å²) in [6.45, 7) is 9.10. The van der Waals surface area contributed by atoms with Crippen LogP contribution in [0.2, 0.25) is 10.0 Å². The van der Waals surface area contributed by atoms with Crippen LogP contribution in [-0.4, -0.2) is 50.5 Å². The second-order valence-corrected chi connectivity index (χ2v) is 15.6. The van der Waals surface area contributed by atoms with Gasteiger partial charge >= 0.3 is 12.1 Å². The fraction of sp³-hybridized carbons (Fsp3) is 0.405. The minimum Gasteiger partial charge on any atom is -0.489 e. The Morgan fingerprint density at radius 3 is 2.28 bits per heavy atom. The maximum atomic E-state index is 13.9. The minimum atomic E-state index is -0.974. The third kappa shape index (κ3) is 11.7. The van der Waals surface area contributed by atoms with Crippen molar-refractivity contribution in [3.63, 3.8) is 0 Å². The van der Waals surface area contributed by atoms with Crippen molar-refractivity contribution in [3.05, 3.63) is 105 Å². The number of nitrogens with one attached hydrogen (secondary N) is 1. The number of amides is 2. The van der Waals surface area contributed by atoms with E-state index in [0.29, 0.717) is 65.4 Å². The van der Waals surface area contributed by atoms with Crippen molar-refractivity contribution in [2.75, 3.05) is 6.54 Å². The van der Waals surface area contributed by atoms with Crippen molar-refractivity contribution in [2.24, 2.45) is 16.8 Å². The molecular formula is C42H48Cl2N4O6. The third-order valence-corrected chi connectivity index (χ3v) is 9.82. The molecule has 1 fully saturated rings. The van der Waals surface area contributed by atoms with Crippen LogP contribution in [0.4, 0.5) is 4.79 Å². The number of aliphatic imine (C=N–C) groups is 1. The molecule has 0 atom stereocenters. The second-order valence-electron chi connectivity index (χ2n) is 14.7. The second kappa shape index (κ2) is 18.6. The molecule has 0 unspecified atom stereocenters. The van der Waals surface area contributed by atoms with Gasteiger partial charge in [0.1, 0.15) is 18.0 Å². The van der Waals surface area contributed by atoms with Crippen LogP contribution in [0, 0.1) is 11.8 Å². The number of carboxylic acid groups (broad SMARTS) is 1. The molecule has 1 heterocycles. The van der Waals surface area contributed by atoms with E-state index in [4.69, 9.17) is 47.8 Å². The summed E-state index contributed by atoms with van der Waals surface area (Å²) in [4.78, 5) is 47.1. The number of hydrogen-bond donors (Lipinski definition) is 2. The number of unbranched alkanes of at least 4 members (excludes halogenated alkanes) is 1. The Morgan fingerprint density at radius 1 is 0.963 bits per heavy atom. The van der Waals surface area contributed by atoms with Gasteiger partial charge in [0.2, 0.25) is 5.91 Å². The Morgan fingerprint density at radius 2 is 1.65 bits per heavy atom. The van der Waals surface area contributed by atoms with Gasteiger partial charge in [0.05, 0.1) is 22.0 Å². The summed E-state index contributed by atoms with van der Waals surface area (Å²) in [6, 6.07) is 19.5. The highest BCUT2D eigenvalue weighted by atomic mass is 35.5. The zero-order chi connectivity index (χ0) is 38.8. The van der Waals surface area contributed by atoms with E-state index in [-0.39, 0.29) is 29.9 Å². The summed E-state index contributed by atoms with van der Waals surface area (Å²) in [7, 11) is 0. The number of aromatic nitrogens is 2. The molecule has 1 aliphatic rings. The molecule has 1 saturated carbocycles. The predicted octanol–water partition coefficient (Wildman–Crippen LogP) is 9.82. The van der Waals surface area contributed by atoms with E-state index in [2.05, 4.69) is 16.8 Å². The number of nitrogens with zero attached hydrogens (tertiary/aromatic N) is 3. The fourth-order valence-corrected chi connectivity index (χ4v) is 6.83. The zero-order valence-corrected chi connectivity index (χ0v) is 32.8. The molecule has 54 heavy (non-hydrogen) atoms. The lowest BCUT2D eigenvalue weighted by atomic mass is 9.81. The lowest BCUT2D eigenvalue weighted by Crippen LogP contribution is -2.36. The van der Waals surface area contributed by atoms with Crippen molar-refractivity contribution in [2.45, 2.75) is 91.4 Å². The Balaban J connectivity index is 1.36. The summed E-state index contributed by atoms with van der Waals surface area (Å²) in [5.74, 6) is 0.138. The monoisotopic (exact) mass is 774 g/mol. The molecular weight excluding hydrogens is 727 g/mol. The molecule has 10 nitrogen and oxygen atoms in total. The molecule has 0 aliphatic heterocycles. The van der Waals surface area contributed by atoms with Gasteiger partial charge in [0, 0.05) is 42.2 Å². The van der Waals surface area contributed by atoms with Crippen LogP contribution in [0.5, 0.6) is 5.75 Å². The Bertz CT molecular complexity index is 1940. The van der Waals surface area contributed by atoms with Gasteiger partial charge in [-0.3, -0.25) is 4.79 Å². The standard InChI is InChI=1S/C42H48Cl2N4O6/c1-5-6-21-48-25-37(34-20-17-32(43)23-35(34)44)46-38(48)36(47-39(49)30-13-7-28(8-14-30)24-45-41(52)54-42(2,3)4)22-27-11-18-33(19-12-27)53-26-29-9-15-31(16-10-29)40(50)51/h9-12,15-20,23,25,28,30H,5-8,13-14,21-22,24,26H2,1-4H3,(H,45,52)(H,50,51). The smallest absolute Gasteiger partial charge is 0.407 e. The third-order valence-electron chi connectivity index (χ3n) is 9.27. The fourth-order valence-electron chi connectivity index (χ4n) is 6.33. The molecule has 2 N–H and O–H groups in total. The van der Waals surface area contributed by atoms with E-state index in [1.165, 1.54) is 0 Å². The molecule has 286 valence electrons. The molecule has 4 aromatic rings. The summed E-state index contributed by atoms with van der Waals surface area (Å²) in [5.41, 5.74) is 3.40. The normalized spacial score (nSPS) is 16.1. The first-order valence-corrected chi connectivity index (χ1v) is 19.2. The number of carboxylic acids is 1. The van der Waals surface area contributed by atoms with Gasteiger partial charge < -0.3 is 24.5 Å². The average molecular weight is 776 g/mol. The molecule has 12 heteroatoms. The van der Waals surface area contributed by atoms with Gasteiger partial charge in [0.15, 0.2) is 5.82 Å². The lowest BCUT2D eigenvalue weighted by molar-refractivity contribution is -0.122. The number of rotatable bonds is 14. The Hall–Kier alpha value is -4.67. The van der Waals surface area contributed by atoms with Gasteiger partial charge in [0.25, 0.3) is 0 Å². The summed E-state index contributed by atoms with van der Waals surface area (Å²) in [6.07, 6.45) is 6.72. The van der Waals surface area contributed by atoms with Crippen LogP contribution >= 0.6 is 23.2 Å². The molecule has 1 aromatic heterocycles. The van der Waals surface area contributed by atoms with E-state index in [1.54, 1.807) is 36.4 Å². The quantitative estimate of drug-likeness (QED) is 0.122. The van der Waals surface area contributed by atoms with Gasteiger partial charge in [-0.05, 0) is 112 Å². The molecule has 0 spiro atoms. The Kier molecular flexibility index (Phi) is 13.9. The molecule has 2 amide bonds. The first-order chi connectivity index (χ1) is 25.8. The lowest BCUT2D eigenvalue weighted by Gasteiger charge is -2.27. The maximum Gasteiger partial charge on any atom is 0.407 e. The summed E-state index contributed by atoms with van der Waals surface area (Å²) >= 11 is 12.8. The van der Waals surface area contributed by atoms with Crippen molar-refractivity contribution < 1.29 is 29.0 Å². The molecule has 0 radical (unpaired) electrons. The van der Waals surface area contributed by atoms with E-state index in [9.17, 15) is 14.4 Å². The van der Waals surface area contributed by atoms with Crippen molar-refractivity contribution in [3.8, 4) is 17.0 Å². The van der Waals surface area contributed by atoms with Crippen LogP contribution in [0.1, 0.15) is 93.5 Å². The van der Waals surface area contributed by atoms with Crippen LogP contribution in [0.3, 0.4) is 0 Å².